The highest BCUT2D eigenvalue weighted by molar-refractivity contribution is 5.84. The van der Waals surface area contributed by atoms with E-state index in [1.165, 1.54) is 0 Å². The lowest BCUT2D eigenvalue weighted by atomic mass is 9.82. The Bertz CT molecular complexity index is 392. The molecular weight excluding hydrogens is 286 g/mol. The Morgan fingerprint density at radius 1 is 1.14 bits per heavy atom. The minimum Gasteiger partial charge on any atom is -0.464 e. The second kappa shape index (κ2) is 8.15. The van der Waals surface area contributed by atoms with E-state index in [1.807, 2.05) is 20.8 Å². The Hall–Kier alpha value is -1.59. The van der Waals surface area contributed by atoms with Gasteiger partial charge in [0.15, 0.2) is 0 Å². The van der Waals surface area contributed by atoms with E-state index in [0.29, 0.717) is 12.7 Å². The summed E-state index contributed by atoms with van der Waals surface area (Å²) in [4.78, 5) is 35.4. The van der Waals surface area contributed by atoms with Crippen molar-refractivity contribution < 1.29 is 23.9 Å². The summed E-state index contributed by atoms with van der Waals surface area (Å²) in [5.74, 6) is -1.30. The summed E-state index contributed by atoms with van der Waals surface area (Å²) >= 11 is 0. The summed E-state index contributed by atoms with van der Waals surface area (Å²) in [7, 11) is 0. The van der Waals surface area contributed by atoms with Gasteiger partial charge in [-0.05, 0) is 39.5 Å². The molecule has 22 heavy (non-hydrogen) atoms. The molecule has 1 N–H and O–H groups in total. The smallest absolute Gasteiger partial charge is 0.408 e. The molecule has 0 fully saturated rings. The van der Waals surface area contributed by atoms with Crippen LogP contribution in [0.2, 0.25) is 0 Å². The number of ether oxygens (including phenoxy) is 2. The Kier molecular flexibility index (Phi) is 7.56. The van der Waals surface area contributed by atoms with Crippen LogP contribution in [0.1, 0.15) is 54.9 Å². The van der Waals surface area contributed by atoms with Gasteiger partial charge in [-0.3, -0.25) is 0 Å². The highest BCUT2D eigenvalue weighted by atomic mass is 16.6. The monoisotopic (exact) mass is 315 g/mol. The number of amides is 1. The molecule has 0 rings (SSSR count). The van der Waals surface area contributed by atoms with Crippen molar-refractivity contribution in [2.24, 2.45) is 11.3 Å². The van der Waals surface area contributed by atoms with Crippen molar-refractivity contribution >= 4 is 18.3 Å². The van der Waals surface area contributed by atoms with Gasteiger partial charge in [0, 0.05) is 5.92 Å². The second-order valence-electron chi connectivity index (χ2n) is 7.44. The fourth-order valence-electron chi connectivity index (χ4n) is 1.96. The van der Waals surface area contributed by atoms with Crippen LogP contribution in [0.25, 0.3) is 0 Å². The van der Waals surface area contributed by atoms with Crippen molar-refractivity contribution in [3.63, 3.8) is 0 Å². The minimum absolute atomic E-state index is 0.173. The molecule has 128 valence electrons. The second-order valence-corrected chi connectivity index (χ2v) is 7.44. The molecule has 0 aliphatic rings. The van der Waals surface area contributed by atoms with Gasteiger partial charge in [0.2, 0.25) is 0 Å². The van der Waals surface area contributed by atoms with Crippen LogP contribution in [-0.4, -0.2) is 36.6 Å². The van der Waals surface area contributed by atoms with Crippen LogP contribution < -0.4 is 5.32 Å². The SMILES string of the molecule is CCOC(=O)[C@@H](NC(=O)OC(C)(C)C)[C@H](C=O)CC(C)(C)C. The van der Waals surface area contributed by atoms with E-state index < -0.39 is 29.6 Å². The maximum Gasteiger partial charge on any atom is 0.408 e. The van der Waals surface area contributed by atoms with Crippen LogP contribution in [0.3, 0.4) is 0 Å². The van der Waals surface area contributed by atoms with Gasteiger partial charge in [0.1, 0.15) is 17.9 Å². The van der Waals surface area contributed by atoms with Crippen LogP contribution in [0, 0.1) is 11.3 Å². The third-order valence-corrected chi connectivity index (χ3v) is 2.66. The maximum absolute atomic E-state index is 12.1. The Labute approximate surface area is 132 Å². The molecule has 0 unspecified atom stereocenters. The summed E-state index contributed by atoms with van der Waals surface area (Å²) in [6, 6.07) is -1.05. The topological polar surface area (TPSA) is 81.7 Å². The summed E-state index contributed by atoms with van der Waals surface area (Å²) < 4.78 is 10.1. The highest BCUT2D eigenvalue weighted by Crippen LogP contribution is 2.26. The average molecular weight is 315 g/mol. The van der Waals surface area contributed by atoms with Crippen LogP contribution in [-0.2, 0) is 19.1 Å². The van der Waals surface area contributed by atoms with Gasteiger partial charge in [-0.1, -0.05) is 20.8 Å². The van der Waals surface area contributed by atoms with Crippen LogP contribution >= 0.6 is 0 Å². The van der Waals surface area contributed by atoms with Crippen LogP contribution in [0.15, 0.2) is 0 Å². The third-order valence-electron chi connectivity index (χ3n) is 2.66. The molecule has 0 aliphatic carbocycles. The lowest BCUT2D eigenvalue weighted by Crippen LogP contribution is -2.49. The van der Waals surface area contributed by atoms with E-state index in [-0.39, 0.29) is 12.0 Å². The van der Waals surface area contributed by atoms with Crippen molar-refractivity contribution in [2.45, 2.75) is 66.5 Å². The summed E-state index contributed by atoms with van der Waals surface area (Å²) in [6.45, 7) is 12.9. The molecule has 1 amide bonds. The van der Waals surface area contributed by atoms with E-state index in [0.717, 1.165) is 0 Å². The zero-order valence-corrected chi connectivity index (χ0v) is 14.7. The fraction of sp³-hybridized carbons (Fsp3) is 0.812. The summed E-state index contributed by atoms with van der Waals surface area (Å²) in [5.41, 5.74) is -0.865. The molecule has 0 saturated heterocycles. The molecule has 2 atom stereocenters. The Morgan fingerprint density at radius 2 is 1.68 bits per heavy atom. The number of esters is 1. The molecule has 0 radical (unpaired) electrons. The quantitative estimate of drug-likeness (QED) is 0.602. The van der Waals surface area contributed by atoms with Crippen molar-refractivity contribution in [3.05, 3.63) is 0 Å². The Balaban J connectivity index is 5.14. The first-order valence-electron chi connectivity index (χ1n) is 7.51. The Morgan fingerprint density at radius 3 is 2.05 bits per heavy atom. The highest BCUT2D eigenvalue weighted by Gasteiger charge is 2.34. The number of alkyl carbamates (subject to hydrolysis) is 1. The number of carbonyl (C=O) groups excluding carboxylic acids is 3. The number of rotatable bonds is 6. The van der Waals surface area contributed by atoms with Crippen molar-refractivity contribution in [1.29, 1.82) is 0 Å². The zero-order chi connectivity index (χ0) is 17.6. The minimum atomic E-state index is -1.05. The standard InChI is InChI=1S/C16H29NO5/c1-8-21-13(19)12(11(10-18)9-15(2,3)4)17-14(20)22-16(5,6)7/h10-12H,8-9H2,1-7H3,(H,17,20)/t11-,12-/m0/s1. The normalized spacial score (nSPS) is 14.7. The molecule has 0 aromatic rings. The van der Waals surface area contributed by atoms with E-state index in [1.54, 1.807) is 27.7 Å². The molecule has 0 aliphatic heterocycles. The van der Waals surface area contributed by atoms with Gasteiger partial charge >= 0.3 is 12.1 Å². The summed E-state index contributed by atoms with van der Waals surface area (Å²) in [6.07, 6.45) is 0.381. The first-order valence-corrected chi connectivity index (χ1v) is 7.51. The predicted molar refractivity (Wildman–Crippen MR) is 83.4 cm³/mol. The van der Waals surface area contributed by atoms with Gasteiger partial charge in [0.25, 0.3) is 0 Å². The van der Waals surface area contributed by atoms with E-state index in [9.17, 15) is 14.4 Å². The van der Waals surface area contributed by atoms with E-state index >= 15 is 0 Å². The van der Waals surface area contributed by atoms with E-state index in [4.69, 9.17) is 9.47 Å². The number of hydrogen-bond acceptors (Lipinski definition) is 5. The molecule has 6 nitrogen and oxygen atoms in total. The lowest BCUT2D eigenvalue weighted by Gasteiger charge is -2.29. The summed E-state index contributed by atoms with van der Waals surface area (Å²) in [5, 5.41) is 2.46. The molecule has 0 spiro atoms. The first-order chi connectivity index (χ1) is 9.89. The van der Waals surface area contributed by atoms with Gasteiger partial charge < -0.3 is 19.6 Å². The molecule has 0 bridgehead atoms. The molecular formula is C16H29NO5. The molecule has 0 saturated carbocycles. The number of aldehydes is 1. The van der Waals surface area contributed by atoms with Crippen molar-refractivity contribution in [3.8, 4) is 0 Å². The first kappa shape index (κ1) is 20.4. The van der Waals surface area contributed by atoms with Crippen molar-refractivity contribution in [1.82, 2.24) is 5.32 Å². The van der Waals surface area contributed by atoms with Crippen molar-refractivity contribution in [2.75, 3.05) is 6.61 Å². The molecule has 0 aromatic carbocycles. The average Bonchev–Trinajstić information content (AvgIpc) is 2.30. The van der Waals surface area contributed by atoms with Crippen LogP contribution in [0.5, 0.6) is 0 Å². The number of hydrogen-bond donors (Lipinski definition) is 1. The fourth-order valence-corrected chi connectivity index (χ4v) is 1.96. The van der Waals surface area contributed by atoms with Gasteiger partial charge in [0.05, 0.1) is 6.61 Å². The van der Waals surface area contributed by atoms with E-state index in [2.05, 4.69) is 5.32 Å². The molecule has 0 heterocycles. The molecule has 6 heteroatoms. The zero-order valence-electron chi connectivity index (χ0n) is 14.7. The molecule has 0 aromatic heterocycles. The number of carbonyl (C=O) groups is 3. The number of nitrogens with one attached hydrogen (secondary N) is 1. The third kappa shape index (κ3) is 8.64. The lowest BCUT2D eigenvalue weighted by molar-refractivity contribution is -0.148. The van der Waals surface area contributed by atoms with Gasteiger partial charge in [-0.15, -0.1) is 0 Å². The van der Waals surface area contributed by atoms with Crippen LogP contribution in [0.4, 0.5) is 4.79 Å². The van der Waals surface area contributed by atoms with Gasteiger partial charge in [-0.2, -0.15) is 0 Å². The largest absolute Gasteiger partial charge is 0.464 e. The van der Waals surface area contributed by atoms with Gasteiger partial charge in [-0.25, -0.2) is 9.59 Å². The maximum atomic E-state index is 12.1. The predicted octanol–water partition coefficient (Wildman–Crippen LogP) is 2.69.